The zero-order valence-corrected chi connectivity index (χ0v) is 17.5. The van der Waals surface area contributed by atoms with E-state index in [0.29, 0.717) is 17.9 Å². The number of benzene rings is 2. The molecule has 0 bridgehead atoms. The number of nitrogens with zero attached hydrogens (tertiary/aromatic N) is 3. The van der Waals surface area contributed by atoms with Crippen LogP contribution in [0.15, 0.2) is 77.5 Å². The number of fused-ring (bicyclic) bond motifs is 1. The third-order valence-electron chi connectivity index (χ3n) is 5.54. The molecule has 0 aliphatic heterocycles. The van der Waals surface area contributed by atoms with Crippen molar-refractivity contribution in [2.24, 2.45) is 0 Å². The lowest BCUT2D eigenvalue weighted by molar-refractivity contribution is 0.197. The second-order valence-corrected chi connectivity index (χ2v) is 7.91. The highest BCUT2D eigenvalue weighted by atomic mass is 16.6. The lowest BCUT2D eigenvalue weighted by atomic mass is 10.3. The number of ether oxygens (including phenoxy) is 2. The van der Waals surface area contributed by atoms with Crippen molar-refractivity contribution < 1.29 is 13.9 Å². The average Bonchev–Trinajstić information content (AvgIpc) is 3.34. The fourth-order valence-corrected chi connectivity index (χ4v) is 3.77. The molecule has 1 saturated carbocycles. The lowest BCUT2D eigenvalue weighted by Crippen LogP contribution is -2.32. The van der Waals surface area contributed by atoms with Crippen LogP contribution in [0.5, 0.6) is 17.6 Å². The van der Waals surface area contributed by atoms with Crippen molar-refractivity contribution >= 4 is 11.1 Å². The molecule has 0 amide bonds. The van der Waals surface area contributed by atoms with Gasteiger partial charge in [-0.25, -0.2) is 0 Å². The van der Waals surface area contributed by atoms with E-state index >= 15 is 0 Å². The minimum Gasteiger partial charge on any atom is -0.492 e. The summed E-state index contributed by atoms with van der Waals surface area (Å²) in [6.07, 6.45) is 8.28. The van der Waals surface area contributed by atoms with Crippen LogP contribution < -0.4 is 9.47 Å². The molecule has 4 aromatic rings. The molecular formula is C25H27N3O3. The summed E-state index contributed by atoms with van der Waals surface area (Å²) in [6, 6.07) is 20.1. The molecule has 2 aromatic carbocycles. The molecule has 0 atom stereocenters. The number of aryl methyl sites for hydroxylation is 1. The Labute approximate surface area is 182 Å². The van der Waals surface area contributed by atoms with Crippen LogP contribution in [0, 0.1) is 0 Å². The third-order valence-corrected chi connectivity index (χ3v) is 5.54. The van der Waals surface area contributed by atoms with Gasteiger partial charge in [0.2, 0.25) is 0 Å². The zero-order chi connectivity index (χ0) is 20.9. The number of oxazole rings is 1. The number of rotatable bonds is 11. The van der Waals surface area contributed by atoms with Crippen molar-refractivity contribution in [1.82, 2.24) is 14.5 Å². The first-order chi connectivity index (χ1) is 15.3. The van der Waals surface area contributed by atoms with Crippen LogP contribution in [0.25, 0.3) is 11.1 Å². The first-order valence-electron chi connectivity index (χ1n) is 10.9. The quantitative estimate of drug-likeness (QED) is 0.329. The minimum absolute atomic E-state index is 0.245. The first kappa shape index (κ1) is 19.7. The fourth-order valence-electron chi connectivity index (χ4n) is 3.77. The Morgan fingerprint density at radius 3 is 2.48 bits per heavy atom. The maximum Gasteiger partial charge on any atom is 0.400 e. The number of hydrogen-bond donors (Lipinski definition) is 0. The van der Waals surface area contributed by atoms with Gasteiger partial charge in [-0.2, -0.15) is 4.98 Å². The Hall–Kier alpha value is -3.25. The summed E-state index contributed by atoms with van der Waals surface area (Å²) in [6.45, 7) is 3.82. The summed E-state index contributed by atoms with van der Waals surface area (Å²) in [5, 5.41) is 0. The Morgan fingerprint density at radius 2 is 1.71 bits per heavy atom. The van der Waals surface area contributed by atoms with Crippen molar-refractivity contribution in [3.8, 4) is 17.6 Å². The van der Waals surface area contributed by atoms with Crippen molar-refractivity contribution in [1.29, 1.82) is 0 Å². The maximum atomic E-state index is 5.98. The van der Waals surface area contributed by atoms with E-state index in [-0.39, 0.29) is 6.08 Å². The van der Waals surface area contributed by atoms with Crippen LogP contribution in [0.2, 0.25) is 0 Å². The molecule has 0 spiro atoms. The molecule has 5 rings (SSSR count). The van der Waals surface area contributed by atoms with Gasteiger partial charge in [0, 0.05) is 38.1 Å². The highest BCUT2D eigenvalue weighted by molar-refractivity contribution is 5.72. The van der Waals surface area contributed by atoms with Gasteiger partial charge in [0.15, 0.2) is 5.58 Å². The molecule has 1 aliphatic rings. The van der Waals surface area contributed by atoms with Crippen LogP contribution in [0.4, 0.5) is 0 Å². The molecule has 0 unspecified atom stereocenters. The molecular weight excluding hydrogens is 390 g/mol. The second-order valence-electron chi connectivity index (χ2n) is 7.91. The van der Waals surface area contributed by atoms with Crippen LogP contribution in [0.3, 0.4) is 0 Å². The van der Waals surface area contributed by atoms with Gasteiger partial charge in [-0.1, -0.05) is 12.1 Å². The summed E-state index contributed by atoms with van der Waals surface area (Å²) < 4.78 is 19.6. The Bertz CT molecular complexity index is 1050. The highest BCUT2D eigenvalue weighted by Gasteiger charge is 2.28. The van der Waals surface area contributed by atoms with Gasteiger partial charge in [-0.15, -0.1) is 0 Å². The zero-order valence-electron chi connectivity index (χ0n) is 17.5. The lowest BCUT2D eigenvalue weighted by Gasteiger charge is -2.22. The summed E-state index contributed by atoms with van der Waals surface area (Å²) in [4.78, 5) is 6.90. The van der Waals surface area contributed by atoms with Gasteiger partial charge < -0.3 is 18.5 Å². The molecule has 0 saturated heterocycles. The summed E-state index contributed by atoms with van der Waals surface area (Å²) in [5.41, 5.74) is 1.50. The van der Waals surface area contributed by atoms with Crippen LogP contribution in [-0.4, -0.2) is 40.2 Å². The van der Waals surface area contributed by atoms with E-state index in [1.165, 1.54) is 12.8 Å². The van der Waals surface area contributed by atoms with Crippen LogP contribution in [0.1, 0.15) is 19.3 Å². The van der Waals surface area contributed by atoms with Crippen molar-refractivity contribution in [3.05, 3.63) is 73.1 Å². The molecule has 2 heterocycles. The molecule has 0 radical (unpaired) electrons. The van der Waals surface area contributed by atoms with E-state index < -0.39 is 0 Å². The van der Waals surface area contributed by atoms with Gasteiger partial charge in [-0.3, -0.25) is 4.90 Å². The second kappa shape index (κ2) is 9.27. The molecule has 6 heteroatoms. The van der Waals surface area contributed by atoms with E-state index in [1.54, 1.807) is 0 Å². The summed E-state index contributed by atoms with van der Waals surface area (Å²) in [7, 11) is 0. The van der Waals surface area contributed by atoms with Gasteiger partial charge in [0.05, 0.1) is 0 Å². The van der Waals surface area contributed by atoms with E-state index in [1.807, 2.05) is 48.5 Å². The van der Waals surface area contributed by atoms with Gasteiger partial charge in [0.25, 0.3) is 0 Å². The Balaban J connectivity index is 1.08. The SMILES string of the molecule is c1ccc2oc(Oc3ccc(OCCN(CCCn4cccc4)C4CC4)cc3)nc2c1. The van der Waals surface area contributed by atoms with Gasteiger partial charge in [0.1, 0.15) is 23.6 Å². The maximum absolute atomic E-state index is 5.98. The van der Waals surface area contributed by atoms with Gasteiger partial charge in [-0.05, 0) is 67.8 Å². The molecule has 1 aliphatic carbocycles. The fraction of sp³-hybridized carbons (Fsp3) is 0.320. The minimum atomic E-state index is 0.245. The molecule has 6 nitrogen and oxygen atoms in total. The molecule has 2 aromatic heterocycles. The van der Waals surface area contributed by atoms with Crippen molar-refractivity contribution in [2.75, 3.05) is 19.7 Å². The topological polar surface area (TPSA) is 52.7 Å². The first-order valence-corrected chi connectivity index (χ1v) is 10.9. The molecule has 31 heavy (non-hydrogen) atoms. The third kappa shape index (κ3) is 5.27. The largest absolute Gasteiger partial charge is 0.492 e. The predicted octanol–water partition coefficient (Wildman–Crippen LogP) is 5.36. The van der Waals surface area contributed by atoms with E-state index in [2.05, 4.69) is 39.0 Å². The van der Waals surface area contributed by atoms with Crippen molar-refractivity contribution in [3.63, 3.8) is 0 Å². The normalized spacial score (nSPS) is 13.7. The average molecular weight is 418 g/mol. The summed E-state index contributed by atoms with van der Waals surface area (Å²) in [5.74, 6) is 1.51. The van der Waals surface area contributed by atoms with E-state index in [0.717, 1.165) is 43.4 Å². The van der Waals surface area contributed by atoms with E-state index in [4.69, 9.17) is 13.9 Å². The Kier molecular flexibility index (Phi) is 5.89. The van der Waals surface area contributed by atoms with Crippen LogP contribution in [-0.2, 0) is 6.54 Å². The number of hydrogen-bond acceptors (Lipinski definition) is 5. The summed E-state index contributed by atoms with van der Waals surface area (Å²) >= 11 is 0. The van der Waals surface area contributed by atoms with Crippen molar-refractivity contribution in [2.45, 2.75) is 31.8 Å². The van der Waals surface area contributed by atoms with Gasteiger partial charge >= 0.3 is 6.08 Å². The molecule has 0 N–H and O–H groups in total. The smallest absolute Gasteiger partial charge is 0.400 e. The number of para-hydroxylation sites is 2. The van der Waals surface area contributed by atoms with E-state index in [9.17, 15) is 0 Å². The monoisotopic (exact) mass is 417 g/mol. The highest BCUT2D eigenvalue weighted by Crippen LogP contribution is 2.28. The van der Waals surface area contributed by atoms with Crippen LogP contribution >= 0.6 is 0 Å². The standard InChI is InChI=1S/C25H27N3O3/c1-2-7-24-23(6-1)26-25(31-24)30-22-12-10-21(11-13-22)29-19-18-28(20-8-9-20)17-5-16-27-14-3-4-15-27/h1-4,6-7,10-15,20H,5,8-9,16-19H2. The molecule has 160 valence electrons. The number of aromatic nitrogens is 2. The predicted molar refractivity (Wildman–Crippen MR) is 120 cm³/mol. The Morgan fingerprint density at radius 1 is 0.935 bits per heavy atom. The molecule has 1 fully saturated rings.